The summed E-state index contributed by atoms with van der Waals surface area (Å²) in [5.74, 6) is 1.77. The van der Waals surface area contributed by atoms with Gasteiger partial charge in [0.05, 0.1) is 18.3 Å². The minimum absolute atomic E-state index is 0.0828. The van der Waals surface area contributed by atoms with Gasteiger partial charge < -0.3 is 4.90 Å². The van der Waals surface area contributed by atoms with E-state index in [9.17, 15) is 4.79 Å². The molecule has 0 aliphatic carbocycles. The second kappa shape index (κ2) is 9.68. The SMILES string of the molecule is CC1CCN(Cc2nnnn2CCCC(=O)N(C)C(C)c2ccncn2)CC1. The molecular formula is C19H30N8O. The summed E-state index contributed by atoms with van der Waals surface area (Å²) in [5.41, 5.74) is 0.837. The third kappa shape index (κ3) is 5.31. The lowest BCUT2D eigenvalue weighted by Crippen LogP contribution is -2.33. The van der Waals surface area contributed by atoms with Gasteiger partial charge in [-0.2, -0.15) is 0 Å². The average Bonchev–Trinajstić information content (AvgIpc) is 3.16. The number of aryl methyl sites for hydroxylation is 1. The first-order valence-electron chi connectivity index (χ1n) is 10.0. The Morgan fingerprint density at radius 3 is 2.86 bits per heavy atom. The van der Waals surface area contributed by atoms with Crippen molar-refractivity contribution in [3.05, 3.63) is 30.1 Å². The maximum atomic E-state index is 12.5. The number of tetrazole rings is 1. The van der Waals surface area contributed by atoms with Crippen LogP contribution in [0.25, 0.3) is 0 Å². The molecule has 0 N–H and O–H groups in total. The molecular weight excluding hydrogens is 356 g/mol. The second-order valence-corrected chi connectivity index (χ2v) is 7.70. The largest absolute Gasteiger partial charge is 0.337 e. The fourth-order valence-electron chi connectivity index (χ4n) is 3.45. The summed E-state index contributed by atoms with van der Waals surface area (Å²) in [4.78, 5) is 24.8. The van der Waals surface area contributed by atoms with Gasteiger partial charge in [0.2, 0.25) is 5.91 Å². The van der Waals surface area contributed by atoms with Crippen LogP contribution in [0.2, 0.25) is 0 Å². The molecule has 1 amide bonds. The monoisotopic (exact) mass is 386 g/mol. The van der Waals surface area contributed by atoms with Crippen molar-refractivity contribution in [2.24, 2.45) is 5.92 Å². The van der Waals surface area contributed by atoms with Gasteiger partial charge in [0, 0.05) is 26.2 Å². The minimum Gasteiger partial charge on any atom is -0.337 e. The number of hydrogen-bond acceptors (Lipinski definition) is 7. The lowest BCUT2D eigenvalue weighted by Gasteiger charge is -2.29. The molecule has 0 radical (unpaired) electrons. The lowest BCUT2D eigenvalue weighted by molar-refractivity contribution is -0.132. The molecule has 1 saturated heterocycles. The zero-order valence-electron chi connectivity index (χ0n) is 17.0. The molecule has 2 aromatic heterocycles. The molecule has 3 heterocycles. The van der Waals surface area contributed by atoms with E-state index in [1.165, 1.54) is 19.2 Å². The Labute approximate surface area is 166 Å². The van der Waals surface area contributed by atoms with Crippen LogP contribution in [0, 0.1) is 5.92 Å². The van der Waals surface area contributed by atoms with E-state index in [4.69, 9.17) is 0 Å². The van der Waals surface area contributed by atoms with Crippen molar-refractivity contribution in [1.29, 1.82) is 0 Å². The Hall–Kier alpha value is -2.42. The van der Waals surface area contributed by atoms with Crippen molar-refractivity contribution in [1.82, 2.24) is 40.0 Å². The molecule has 0 bridgehead atoms. The highest BCUT2D eigenvalue weighted by Gasteiger charge is 2.20. The van der Waals surface area contributed by atoms with Crippen molar-refractivity contribution in [3.8, 4) is 0 Å². The van der Waals surface area contributed by atoms with E-state index in [2.05, 4.69) is 37.3 Å². The van der Waals surface area contributed by atoms with Gasteiger partial charge in [0.25, 0.3) is 0 Å². The van der Waals surface area contributed by atoms with Crippen LogP contribution >= 0.6 is 0 Å². The van der Waals surface area contributed by atoms with Crippen LogP contribution in [-0.2, 0) is 17.9 Å². The number of amides is 1. The molecule has 1 fully saturated rings. The number of carbonyl (C=O) groups is 1. The summed E-state index contributed by atoms with van der Waals surface area (Å²) in [6, 6.07) is 1.75. The van der Waals surface area contributed by atoms with Crippen LogP contribution < -0.4 is 0 Å². The lowest BCUT2D eigenvalue weighted by atomic mass is 9.99. The van der Waals surface area contributed by atoms with Crippen molar-refractivity contribution in [2.45, 2.75) is 58.7 Å². The summed E-state index contributed by atoms with van der Waals surface area (Å²) in [7, 11) is 1.81. The number of carbonyl (C=O) groups excluding carboxylic acids is 1. The van der Waals surface area contributed by atoms with E-state index in [0.717, 1.165) is 37.1 Å². The van der Waals surface area contributed by atoms with Crippen molar-refractivity contribution in [3.63, 3.8) is 0 Å². The van der Waals surface area contributed by atoms with Crippen molar-refractivity contribution < 1.29 is 4.79 Å². The van der Waals surface area contributed by atoms with Gasteiger partial charge >= 0.3 is 0 Å². The highest BCUT2D eigenvalue weighted by Crippen LogP contribution is 2.18. The minimum atomic E-state index is -0.0828. The number of piperidine rings is 1. The zero-order valence-corrected chi connectivity index (χ0v) is 17.0. The van der Waals surface area contributed by atoms with Gasteiger partial charge in [-0.1, -0.05) is 6.92 Å². The smallest absolute Gasteiger partial charge is 0.222 e. The van der Waals surface area contributed by atoms with Gasteiger partial charge in [-0.25, -0.2) is 14.6 Å². The molecule has 2 aromatic rings. The average molecular weight is 387 g/mol. The highest BCUT2D eigenvalue weighted by atomic mass is 16.2. The van der Waals surface area contributed by atoms with E-state index in [0.29, 0.717) is 19.4 Å². The van der Waals surface area contributed by atoms with Gasteiger partial charge in [-0.05, 0) is 61.7 Å². The van der Waals surface area contributed by atoms with E-state index in [-0.39, 0.29) is 11.9 Å². The highest BCUT2D eigenvalue weighted by molar-refractivity contribution is 5.76. The molecule has 3 rings (SSSR count). The fraction of sp³-hybridized carbons (Fsp3) is 0.684. The Balaban J connectivity index is 1.46. The maximum Gasteiger partial charge on any atom is 0.222 e. The third-order valence-electron chi connectivity index (χ3n) is 5.62. The molecule has 9 nitrogen and oxygen atoms in total. The van der Waals surface area contributed by atoms with Crippen LogP contribution in [-0.4, -0.2) is 66.0 Å². The van der Waals surface area contributed by atoms with Crippen LogP contribution in [0.4, 0.5) is 0 Å². The number of rotatable bonds is 8. The molecule has 0 saturated carbocycles. The first-order valence-corrected chi connectivity index (χ1v) is 10.0. The van der Waals surface area contributed by atoms with Gasteiger partial charge in [0.15, 0.2) is 5.82 Å². The molecule has 0 aromatic carbocycles. The number of hydrogen-bond donors (Lipinski definition) is 0. The Kier molecular flexibility index (Phi) is 7.02. The van der Waals surface area contributed by atoms with E-state index in [1.54, 1.807) is 11.1 Å². The molecule has 1 atom stereocenters. The van der Waals surface area contributed by atoms with E-state index < -0.39 is 0 Å². The number of aromatic nitrogens is 6. The summed E-state index contributed by atoms with van der Waals surface area (Å²) in [6.45, 7) is 7.89. The van der Waals surface area contributed by atoms with E-state index >= 15 is 0 Å². The predicted octanol–water partition coefficient (Wildman–Crippen LogP) is 1.69. The normalized spacial score (nSPS) is 16.8. The first kappa shape index (κ1) is 20.3. The van der Waals surface area contributed by atoms with Gasteiger partial charge in [0.1, 0.15) is 6.33 Å². The van der Waals surface area contributed by atoms with Crippen LogP contribution in [0.5, 0.6) is 0 Å². The first-order chi connectivity index (χ1) is 13.5. The Bertz CT molecular complexity index is 741. The van der Waals surface area contributed by atoms with Gasteiger partial charge in [-0.3, -0.25) is 9.69 Å². The Morgan fingerprint density at radius 1 is 1.36 bits per heavy atom. The standard InChI is InChI=1S/C19H30N8O/c1-15-7-11-26(12-8-15)13-18-22-23-24-27(18)10-4-5-19(28)25(3)16(2)17-6-9-20-14-21-17/h6,9,14-16H,4-5,7-8,10-13H2,1-3H3. The van der Waals surface area contributed by atoms with Gasteiger partial charge in [-0.15, -0.1) is 5.10 Å². The fourth-order valence-corrected chi connectivity index (χ4v) is 3.45. The number of nitrogens with zero attached hydrogens (tertiary/aromatic N) is 8. The molecule has 0 spiro atoms. The molecule has 9 heteroatoms. The molecule has 1 aliphatic heterocycles. The van der Waals surface area contributed by atoms with Crippen molar-refractivity contribution >= 4 is 5.91 Å². The summed E-state index contributed by atoms with van der Waals surface area (Å²) < 4.78 is 1.83. The summed E-state index contributed by atoms with van der Waals surface area (Å²) >= 11 is 0. The molecule has 1 aliphatic rings. The van der Waals surface area contributed by atoms with Crippen molar-refractivity contribution in [2.75, 3.05) is 20.1 Å². The predicted molar refractivity (Wildman–Crippen MR) is 104 cm³/mol. The number of likely N-dealkylation sites (tertiary alicyclic amines) is 1. The maximum absolute atomic E-state index is 12.5. The summed E-state index contributed by atoms with van der Waals surface area (Å²) in [6.07, 6.45) is 6.81. The topological polar surface area (TPSA) is 92.9 Å². The van der Waals surface area contributed by atoms with Crippen LogP contribution in [0.3, 0.4) is 0 Å². The summed E-state index contributed by atoms with van der Waals surface area (Å²) in [5, 5.41) is 12.1. The second-order valence-electron chi connectivity index (χ2n) is 7.70. The van der Waals surface area contributed by atoms with Crippen LogP contribution in [0.15, 0.2) is 18.6 Å². The van der Waals surface area contributed by atoms with Crippen LogP contribution in [0.1, 0.15) is 57.1 Å². The molecule has 28 heavy (non-hydrogen) atoms. The molecule has 152 valence electrons. The quantitative estimate of drug-likeness (QED) is 0.681. The zero-order chi connectivity index (χ0) is 19.9. The third-order valence-corrected chi connectivity index (χ3v) is 5.62. The van der Waals surface area contributed by atoms with E-state index in [1.807, 2.05) is 24.7 Å². The Morgan fingerprint density at radius 2 is 2.14 bits per heavy atom. The molecule has 1 unspecified atom stereocenters.